The predicted molar refractivity (Wildman–Crippen MR) is 74.7 cm³/mol. The second-order valence-corrected chi connectivity index (χ2v) is 4.92. The Morgan fingerprint density at radius 2 is 2.25 bits per heavy atom. The molecule has 2 heterocycles. The Labute approximate surface area is 117 Å². The van der Waals surface area contributed by atoms with Gasteiger partial charge in [-0.05, 0) is 37.6 Å². The maximum absolute atomic E-state index is 12.0. The van der Waals surface area contributed by atoms with Gasteiger partial charge in [-0.1, -0.05) is 18.2 Å². The molecule has 0 aliphatic carbocycles. The summed E-state index contributed by atoms with van der Waals surface area (Å²) in [5, 5.41) is 14.5. The number of hydrogen-bond donors (Lipinski definition) is 2. The van der Waals surface area contributed by atoms with Gasteiger partial charge >= 0.3 is 0 Å². The number of carbonyl (C=O) groups is 1. The monoisotopic (exact) mass is 271 g/mol. The van der Waals surface area contributed by atoms with Crippen molar-refractivity contribution in [2.75, 3.05) is 19.6 Å². The van der Waals surface area contributed by atoms with Crippen LogP contribution in [0.15, 0.2) is 36.5 Å². The van der Waals surface area contributed by atoms with Crippen LogP contribution in [0, 0.1) is 5.92 Å². The first-order valence-electron chi connectivity index (χ1n) is 6.79. The van der Waals surface area contributed by atoms with E-state index in [1.165, 1.54) is 11.0 Å². The van der Waals surface area contributed by atoms with Gasteiger partial charge in [0.1, 0.15) is 0 Å². The van der Waals surface area contributed by atoms with E-state index in [1.54, 1.807) is 0 Å². The SMILES string of the molecule is O=C(NCC1CCNC1)c1cnn(-c2ccccc2)n1. The molecule has 1 amide bonds. The lowest BCUT2D eigenvalue weighted by Gasteiger charge is -2.08. The predicted octanol–water partition coefficient (Wildman–Crippen LogP) is 0.607. The zero-order valence-corrected chi connectivity index (χ0v) is 11.1. The van der Waals surface area contributed by atoms with E-state index in [9.17, 15) is 4.79 Å². The molecule has 2 N–H and O–H groups in total. The minimum Gasteiger partial charge on any atom is -0.350 e. The number of amides is 1. The van der Waals surface area contributed by atoms with Gasteiger partial charge in [0.25, 0.3) is 5.91 Å². The summed E-state index contributed by atoms with van der Waals surface area (Å²) in [6, 6.07) is 9.53. The molecule has 104 valence electrons. The highest BCUT2D eigenvalue weighted by atomic mass is 16.2. The molecule has 1 aromatic heterocycles. The van der Waals surface area contributed by atoms with Crippen LogP contribution in [-0.4, -0.2) is 40.5 Å². The fraction of sp³-hybridized carbons (Fsp3) is 0.357. The van der Waals surface area contributed by atoms with Crippen LogP contribution in [0.3, 0.4) is 0 Å². The highest BCUT2D eigenvalue weighted by Crippen LogP contribution is 2.07. The molecule has 0 saturated carbocycles. The minimum atomic E-state index is -0.168. The van der Waals surface area contributed by atoms with Crippen LogP contribution in [0.25, 0.3) is 5.69 Å². The summed E-state index contributed by atoms with van der Waals surface area (Å²) in [5.41, 5.74) is 1.19. The molecule has 1 aromatic carbocycles. The first-order valence-corrected chi connectivity index (χ1v) is 6.79. The summed E-state index contributed by atoms with van der Waals surface area (Å²) in [6.45, 7) is 2.69. The fourth-order valence-corrected chi connectivity index (χ4v) is 2.27. The van der Waals surface area contributed by atoms with Crippen LogP contribution < -0.4 is 10.6 Å². The number of nitrogens with zero attached hydrogens (tertiary/aromatic N) is 3. The fourth-order valence-electron chi connectivity index (χ4n) is 2.27. The van der Waals surface area contributed by atoms with Gasteiger partial charge in [0.2, 0.25) is 0 Å². The Morgan fingerprint density at radius 3 is 3.00 bits per heavy atom. The average molecular weight is 271 g/mol. The number of aromatic nitrogens is 3. The van der Waals surface area contributed by atoms with Crippen molar-refractivity contribution in [1.29, 1.82) is 0 Å². The van der Waals surface area contributed by atoms with E-state index in [0.29, 0.717) is 18.2 Å². The smallest absolute Gasteiger partial charge is 0.273 e. The molecule has 1 saturated heterocycles. The molecule has 0 spiro atoms. The number of para-hydroxylation sites is 1. The summed E-state index contributed by atoms with van der Waals surface area (Å²) >= 11 is 0. The van der Waals surface area contributed by atoms with Gasteiger partial charge in [-0.2, -0.15) is 9.90 Å². The maximum atomic E-state index is 12.0. The lowest BCUT2D eigenvalue weighted by Crippen LogP contribution is -2.30. The second-order valence-electron chi connectivity index (χ2n) is 4.92. The van der Waals surface area contributed by atoms with Crippen molar-refractivity contribution in [3.05, 3.63) is 42.2 Å². The number of hydrogen-bond acceptors (Lipinski definition) is 4. The molecule has 0 bridgehead atoms. The van der Waals surface area contributed by atoms with Crippen molar-refractivity contribution in [2.24, 2.45) is 5.92 Å². The Morgan fingerprint density at radius 1 is 1.40 bits per heavy atom. The van der Waals surface area contributed by atoms with Crippen molar-refractivity contribution in [2.45, 2.75) is 6.42 Å². The van der Waals surface area contributed by atoms with E-state index in [0.717, 1.165) is 25.2 Å². The van der Waals surface area contributed by atoms with Gasteiger partial charge in [-0.3, -0.25) is 4.79 Å². The molecule has 1 unspecified atom stereocenters. The zero-order chi connectivity index (χ0) is 13.8. The summed E-state index contributed by atoms with van der Waals surface area (Å²) in [7, 11) is 0. The Kier molecular flexibility index (Phi) is 3.73. The van der Waals surface area contributed by atoms with E-state index < -0.39 is 0 Å². The molecule has 1 aliphatic rings. The molecule has 20 heavy (non-hydrogen) atoms. The van der Waals surface area contributed by atoms with E-state index >= 15 is 0 Å². The summed E-state index contributed by atoms with van der Waals surface area (Å²) < 4.78 is 0. The van der Waals surface area contributed by atoms with Gasteiger partial charge < -0.3 is 10.6 Å². The van der Waals surface area contributed by atoms with Crippen molar-refractivity contribution in [1.82, 2.24) is 25.6 Å². The highest BCUT2D eigenvalue weighted by molar-refractivity contribution is 5.91. The van der Waals surface area contributed by atoms with E-state index in [4.69, 9.17) is 0 Å². The molecular weight excluding hydrogens is 254 g/mol. The van der Waals surface area contributed by atoms with Gasteiger partial charge in [0, 0.05) is 6.54 Å². The van der Waals surface area contributed by atoms with Crippen LogP contribution >= 0.6 is 0 Å². The Balaban J connectivity index is 1.62. The third-order valence-electron chi connectivity index (χ3n) is 3.43. The molecule has 0 radical (unpaired) electrons. The molecular formula is C14H17N5O. The first-order chi connectivity index (χ1) is 9.83. The largest absolute Gasteiger partial charge is 0.350 e. The van der Waals surface area contributed by atoms with Gasteiger partial charge in [0.05, 0.1) is 11.9 Å². The lowest BCUT2D eigenvalue weighted by atomic mass is 10.1. The standard InChI is InChI=1S/C14H17N5O/c20-14(16-9-11-6-7-15-8-11)13-10-17-19(18-13)12-4-2-1-3-5-12/h1-5,10-11,15H,6-9H2,(H,16,20). The van der Waals surface area contributed by atoms with Crippen molar-refractivity contribution in [3.8, 4) is 5.69 Å². The normalized spacial score (nSPS) is 18.1. The Bertz CT molecular complexity index is 574. The molecule has 1 fully saturated rings. The zero-order valence-electron chi connectivity index (χ0n) is 11.1. The van der Waals surface area contributed by atoms with Crippen LogP contribution in [-0.2, 0) is 0 Å². The van der Waals surface area contributed by atoms with Gasteiger partial charge in [-0.15, -0.1) is 5.10 Å². The van der Waals surface area contributed by atoms with Crippen LogP contribution in [0.4, 0.5) is 0 Å². The van der Waals surface area contributed by atoms with Crippen LogP contribution in [0.2, 0.25) is 0 Å². The van der Waals surface area contributed by atoms with Gasteiger partial charge in [0.15, 0.2) is 5.69 Å². The number of nitrogens with one attached hydrogen (secondary N) is 2. The number of benzene rings is 1. The molecule has 1 aliphatic heterocycles. The highest BCUT2D eigenvalue weighted by Gasteiger charge is 2.17. The van der Waals surface area contributed by atoms with Crippen molar-refractivity contribution < 1.29 is 4.79 Å². The third-order valence-corrected chi connectivity index (χ3v) is 3.43. The Hall–Kier alpha value is -2.21. The average Bonchev–Trinajstić information content (AvgIpc) is 3.17. The van der Waals surface area contributed by atoms with Crippen LogP contribution in [0.1, 0.15) is 16.9 Å². The summed E-state index contributed by atoms with van der Waals surface area (Å²) in [5.74, 6) is 0.349. The maximum Gasteiger partial charge on any atom is 0.273 e. The first kappa shape index (κ1) is 12.8. The quantitative estimate of drug-likeness (QED) is 0.854. The van der Waals surface area contributed by atoms with E-state index in [1.807, 2.05) is 30.3 Å². The number of carbonyl (C=O) groups excluding carboxylic acids is 1. The van der Waals surface area contributed by atoms with Crippen LogP contribution in [0.5, 0.6) is 0 Å². The number of rotatable bonds is 4. The summed E-state index contributed by atoms with van der Waals surface area (Å²) in [4.78, 5) is 13.5. The molecule has 2 aromatic rings. The molecule has 3 rings (SSSR count). The summed E-state index contributed by atoms with van der Waals surface area (Å²) in [6.07, 6.45) is 2.60. The van der Waals surface area contributed by atoms with Crippen molar-refractivity contribution >= 4 is 5.91 Å². The van der Waals surface area contributed by atoms with E-state index in [-0.39, 0.29) is 5.91 Å². The van der Waals surface area contributed by atoms with E-state index in [2.05, 4.69) is 20.8 Å². The topological polar surface area (TPSA) is 71.8 Å². The second kappa shape index (κ2) is 5.83. The minimum absolute atomic E-state index is 0.168. The lowest BCUT2D eigenvalue weighted by molar-refractivity contribution is 0.0943. The van der Waals surface area contributed by atoms with Gasteiger partial charge in [-0.25, -0.2) is 0 Å². The third kappa shape index (κ3) is 2.85. The molecule has 6 heteroatoms. The van der Waals surface area contributed by atoms with Crippen molar-refractivity contribution in [3.63, 3.8) is 0 Å². The molecule has 1 atom stereocenters. The molecule has 6 nitrogen and oxygen atoms in total.